The molecule has 1 fully saturated rings. The smallest absolute Gasteiger partial charge is 0.368 e. The van der Waals surface area contributed by atoms with Gasteiger partial charge < -0.3 is 10.6 Å². The van der Waals surface area contributed by atoms with Crippen LogP contribution in [-0.2, 0) is 11.0 Å². The van der Waals surface area contributed by atoms with Crippen molar-refractivity contribution < 1.29 is 18.0 Å². The van der Waals surface area contributed by atoms with Crippen molar-refractivity contribution in [2.24, 2.45) is 5.73 Å². The van der Waals surface area contributed by atoms with E-state index in [2.05, 4.69) is 9.97 Å². The van der Waals surface area contributed by atoms with E-state index >= 15 is 0 Å². The van der Waals surface area contributed by atoms with Crippen LogP contribution in [0.2, 0.25) is 0 Å². The van der Waals surface area contributed by atoms with E-state index in [1.807, 2.05) is 35.2 Å². The number of piperazine rings is 1. The molecule has 30 heavy (non-hydrogen) atoms. The van der Waals surface area contributed by atoms with Crippen molar-refractivity contribution in [1.29, 1.82) is 0 Å². The van der Waals surface area contributed by atoms with Crippen molar-refractivity contribution >= 4 is 22.6 Å². The highest BCUT2D eigenvalue weighted by Crippen LogP contribution is 2.32. The lowest BCUT2D eigenvalue weighted by molar-refractivity contribution is -0.144. The van der Waals surface area contributed by atoms with Crippen LogP contribution in [0.25, 0.3) is 10.9 Å². The van der Waals surface area contributed by atoms with Gasteiger partial charge in [-0.15, -0.1) is 0 Å². The number of fused-ring (bicyclic) bond motifs is 1. The van der Waals surface area contributed by atoms with E-state index in [9.17, 15) is 18.0 Å². The molecule has 0 aliphatic carbocycles. The van der Waals surface area contributed by atoms with Gasteiger partial charge in [0.1, 0.15) is 11.9 Å². The highest BCUT2D eigenvalue weighted by molar-refractivity contribution is 5.89. The first-order valence-electron chi connectivity index (χ1n) is 9.52. The first-order chi connectivity index (χ1) is 14.3. The zero-order chi connectivity index (χ0) is 21.3. The van der Waals surface area contributed by atoms with E-state index in [0.29, 0.717) is 31.6 Å². The molecule has 2 heterocycles. The lowest BCUT2D eigenvalue weighted by Gasteiger charge is -2.39. The summed E-state index contributed by atoms with van der Waals surface area (Å²) in [6, 6.07) is 15.3. The van der Waals surface area contributed by atoms with Crippen LogP contribution in [-0.4, -0.2) is 47.0 Å². The van der Waals surface area contributed by atoms with Crippen LogP contribution in [0.3, 0.4) is 0 Å². The molecule has 6 nitrogen and oxygen atoms in total. The van der Waals surface area contributed by atoms with Gasteiger partial charge in [-0.1, -0.05) is 42.5 Å². The Morgan fingerprint density at radius 1 is 0.933 bits per heavy atom. The molecule has 1 aliphatic heterocycles. The van der Waals surface area contributed by atoms with Crippen LogP contribution in [0.1, 0.15) is 17.4 Å². The summed E-state index contributed by atoms with van der Waals surface area (Å²) in [4.78, 5) is 23.4. The number of nitrogens with zero attached hydrogens (tertiary/aromatic N) is 4. The van der Waals surface area contributed by atoms with Gasteiger partial charge in [0.05, 0.1) is 5.52 Å². The van der Waals surface area contributed by atoms with E-state index < -0.39 is 23.9 Å². The summed E-state index contributed by atoms with van der Waals surface area (Å²) in [6.45, 7) is 1.74. The number of nitrogens with two attached hydrogens (primary N) is 1. The number of hydrogen-bond donors (Lipinski definition) is 1. The number of primary amides is 1. The quantitative estimate of drug-likeness (QED) is 0.709. The zero-order valence-corrected chi connectivity index (χ0v) is 16.0. The Labute approximate surface area is 171 Å². The zero-order valence-electron chi connectivity index (χ0n) is 16.0. The van der Waals surface area contributed by atoms with E-state index in [4.69, 9.17) is 5.73 Å². The summed E-state index contributed by atoms with van der Waals surface area (Å²) < 4.78 is 39.9. The topological polar surface area (TPSA) is 75.4 Å². The molecule has 156 valence electrons. The van der Waals surface area contributed by atoms with Gasteiger partial charge in [-0.3, -0.25) is 9.69 Å². The third-order valence-electron chi connectivity index (χ3n) is 5.20. The minimum absolute atomic E-state index is 0.247. The van der Waals surface area contributed by atoms with Crippen LogP contribution in [0.15, 0.2) is 54.6 Å². The number of anilines is 1. The molecule has 4 rings (SSSR count). The number of aromatic nitrogens is 2. The van der Waals surface area contributed by atoms with Gasteiger partial charge in [0.15, 0.2) is 0 Å². The van der Waals surface area contributed by atoms with Crippen LogP contribution >= 0.6 is 0 Å². The normalized spacial score (nSPS) is 16.6. The number of rotatable bonds is 4. The Bertz CT molecular complexity index is 1050. The highest BCUT2D eigenvalue weighted by atomic mass is 19.4. The molecule has 0 bridgehead atoms. The molecule has 0 radical (unpaired) electrons. The molecule has 1 amide bonds. The van der Waals surface area contributed by atoms with Gasteiger partial charge in [-0.2, -0.15) is 13.2 Å². The summed E-state index contributed by atoms with van der Waals surface area (Å²) >= 11 is 0. The number of alkyl halides is 3. The van der Waals surface area contributed by atoms with Crippen molar-refractivity contribution in [1.82, 2.24) is 14.9 Å². The number of halogens is 3. The Morgan fingerprint density at radius 2 is 1.57 bits per heavy atom. The molecular formula is C21H20F3N5O. The van der Waals surface area contributed by atoms with Crippen LogP contribution in [0, 0.1) is 0 Å². The molecular weight excluding hydrogens is 395 g/mol. The van der Waals surface area contributed by atoms with Crippen molar-refractivity contribution in [2.75, 3.05) is 31.1 Å². The van der Waals surface area contributed by atoms with Gasteiger partial charge in [0.2, 0.25) is 11.7 Å². The number of benzene rings is 2. The van der Waals surface area contributed by atoms with Crippen LogP contribution in [0.5, 0.6) is 0 Å². The number of hydrogen-bond acceptors (Lipinski definition) is 5. The summed E-state index contributed by atoms with van der Waals surface area (Å²) in [5.41, 5.74) is 6.69. The molecule has 1 aliphatic rings. The highest BCUT2D eigenvalue weighted by Gasteiger charge is 2.37. The number of para-hydroxylation sites is 1. The molecule has 0 saturated carbocycles. The maximum absolute atomic E-state index is 13.3. The van der Waals surface area contributed by atoms with Crippen molar-refractivity contribution in [3.63, 3.8) is 0 Å². The second-order valence-corrected chi connectivity index (χ2v) is 7.12. The van der Waals surface area contributed by atoms with Crippen LogP contribution in [0.4, 0.5) is 19.0 Å². The summed E-state index contributed by atoms with van der Waals surface area (Å²) in [5, 5.41) is 0.563. The molecule has 0 spiro atoms. The minimum atomic E-state index is -4.63. The molecule has 1 saturated heterocycles. The van der Waals surface area contributed by atoms with Gasteiger partial charge in [-0.25, -0.2) is 9.97 Å². The Balaban J connectivity index is 1.61. The van der Waals surface area contributed by atoms with Crippen molar-refractivity contribution in [3.05, 3.63) is 66.0 Å². The van der Waals surface area contributed by atoms with E-state index in [0.717, 1.165) is 5.56 Å². The molecule has 3 aromatic rings. The first-order valence-corrected chi connectivity index (χ1v) is 9.52. The minimum Gasteiger partial charge on any atom is -0.368 e. The lowest BCUT2D eigenvalue weighted by atomic mass is 10.0. The summed E-state index contributed by atoms with van der Waals surface area (Å²) in [6.07, 6.45) is -4.63. The lowest BCUT2D eigenvalue weighted by Crippen LogP contribution is -2.50. The second kappa shape index (κ2) is 7.91. The SMILES string of the molecule is NC(=O)[C@@H](c1ccccc1)N1CCN(c2nc(C(F)(F)F)nc3ccccc23)CC1. The first kappa shape index (κ1) is 20.1. The number of amides is 1. The summed E-state index contributed by atoms with van der Waals surface area (Å²) in [5.74, 6) is -1.36. The molecule has 2 N–H and O–H groups in total. The number of carbonyl (C=O) groups is 1. The third kappa shape index (κ3) is 3.93. The average molecular weight is 415 g/mol. The maximum atomic E-state index is 13.3. The fourth-order valence-corrected chi connectivity index (χ4v) is 3.81. The van der Waals surface area contributed by atoms with E-state index in [1.54, 1.807) is 29.2 Å². The Hall–Kier alpha value is -3.20. The largest absolute Gasteiger partial charge is 0.451 e. The van der Waals surface area contributed by atoms with E-state index in [1.165, 1.54) is 0 Å². The van der Waals surface area contributed by atoms with Gasteiger partial charge >= 0.3 is 6.18 Å². The molecule has 2 aromatic carbocycles. The average Bonchev–Trinajstić information content (AvgIpc) is 2.73. The fraction of sp³-hybridized carbons (Fsp3) is 0.286. The molecule has 1 aromatic heterocycles. The predicted molar refractivity (Wildman–Crippen MR) is 107 cm³/mol. The fourth-order valence-electron chi connectivity index (χ4n) is 3.81. The second-order valence-electron chi connectivity index (χ2n) is 7.12. The maximum Gasteiger partial charge on any atom is 0.451 e. The van der Waals surface area contributed by atoms with Crippen molar-refractivity contribution in [2.45, 2.75) is 12.2 Å². The van der Waals surface area contributed by atoms with Gasteiger partial charge in [0, 0.05) is 31.6 Å². The molecule has 9 heteroatoms. The summed E-state index contributed by atoms with van der Waals surface area (Å²) in [7, 11) is 0. The van der Waals surface area contributed by atoms with E-state index in [-0.39, 0.29) is 11.3 Å². The standard InChI is InChI=1S/C21H20F3N5O/c22-21(23,24)20-26-16-9-5-4-8-15(16)19(27-20)29-12-10-28(11-13-29)17(18(25)30)14-6-2-1-3-7-14/h1-9,17H,10-13H2,(H2,25,30)/t17-/m1/s1. The molecule has 0 unspecified atom stereocenters. The number of carbonyl (C=O) groups excluding carboxylic acids is 1. The van der Waals surface area contributed by atoms with Crippen LogP contribution < -0.4 is 10.6 Å². The Kier molecular flexibility index (Phi) is 5.29. The van der Waals surface area contributed by atoms with Crippen molar-refractivity contribution in [3.8, 4) is 0 Å². The monoisotopic (exact) mass is 415 g/mol. The third-order valence-corrected chi connectivity index (χ3v) is 5.20. The van der Waals surface area contributed by atoms with Gasteiger partial charge in [0.25, 0.3) is 0 Å². The molecule has 1 atom stereocenters. The Morgan fingerprint density at radius 3 is 2.20 bits per heavy atom. The van der Waals surface area contributed by atoms with Gasteiger partial charge in [-0.05, 0) is 17.7 Å². The predicted octanol–water partition coefficient (Wildman–Crippen LogP) is 3.00.